The van der Waals surface area contributed by atoms with Crippen LogP contribution in [0.1, 0.15) is 38.2 Å². The molecule has 0 aliphatic rings. The normalized spacial score (nSPS) is 11.3. The Morgan fingerprint density at radius 1 is 0.846 bits per heavy atom. The van der Waals surface area contributed by atoms with E-state index in [1.54, 1.807) is 0 Å². The summed E-state index contributed by atoms with van der Waals surface area (Å²) in [5.74, 6) is 1.11. The summed E-state index contributed by atoms with van der Waals surface area (Å²) in [6, 6.07) is 16.6. The Hall–Kier alpha value is -2.88. The van der Waals surface area contributed by atoms with E-state index >= 15 is 0 Å². The topological polar surface area (TPSA) is 54.7 Å². The van der Waals surface area contributed by atoms with Crippen LogP contribution in [0.3, 0.4) is 0 Å². The molecule has 132 valence electrons. The average Bonchev–Trinajstić information content (AvgIpc) is 3.34. The number of aromatic amines is 1. The van der Waals surface area contributed by atoms with Crippen LogP contribution in [0.2, 0.25) is 0 Å². The molecular formula is C22H23N3O. The molecule has 0 saturated heterocycles. The molecule has 2 aromatic carbocycles. The van der Waals surface area contributed by atoms with E-state index in [2.05, 4.69) is 52.4 Å². The lowest BCUT2D eigenvalue weighted by Crippen LogP contribution is -1.86. The number of unbranched alkanes of at least 4 members (excludes halogenated alkanes) is 3. The fourth-order valence-corrected chi connectivity index (χ4v) is 3.21. The number of hydrogen-bond acceptors (Lipinski definition) is 3. The standard InChI is InChI=1S/C22H23N3O/c1-2-3-4-5-6-16-7-9-17(10-8-16)21-24-25-22(26-21)19-11-12-20-18(15-19)13-14-23-20/h7-15,23H,2-6H2,1H3. The van der Waals surface area contributed by atoms with Crippen molar-refractivity contribution in [3.8, 4) is 22.9 Å². The van der Waals surface area contributed by atoms with Crippen molar-refractivity contribution in [2.45, 2.75) is 39.0 Å². The molecule has 4 heteroatoms. The van der Waals surface area contributed by atoms with E-state index in [-0.39, 0.29) is 0 Å². The van der Waals surface area contributed by atoms with Crippen LogP contribution in [0.5, 0.6) is 0 Å². The second-order valence-electron chi connectivity index (χ2n) is 6.70. The van der Waals surface area contributed by atoms with E-state index in [1.807, 2.05) is 24.4 Å². The Morgan fingerprint density at radius 3 is 2.42 bits per heavy atom. The summed E-state index contributed by atoms with van der Waals surface area (Å²) in [6.45, 7) is 2.24. The predicted octanol–water partition coefficient (Wildman–Crippen LogP) is 6.01. The molecule has 0 unspecified atom stereocenters. The number of rotatable bonds is 7. The van der Waals surface area contributed by atoms with Gasteiger partial charge < -0.3 is 9.40 Å². The van der Waals surface area contributed by atoms with E-state index in [4.69, 9.17) is 4.42 Å². The number of benzene rings is 2. The molecule has 0 bridgehead atoms. The maximum Gasteiger partial charge on any atom is 0.248 e. The SMILES string of the molecule is CCCCCCc1ccc(-c2nnc(-c3ccc4[nH]ccc4c3)o2)cc1. The summed E-state index contributed by atoms with van der Waals surface area (Å²) in [7, 11) is 0. The first-order chi connectivity index (χ1) is 12.8. The van der Waals surface area contributed by atoms with Gasteiger partial charge in [-0.25, -0.2) is 0 Å². The first kappa shape index (κ1) is 16.6. The quantitative estimate of drug-likeness (QED) is 0.417. The highest BCUT2D eigenvalue weighted by molar-refractivity contribution is 5.83. The highest BCUT2D eigenvalue weighted by atomic mass is 16.4. The molecule has 0 saturated carbocycles. The van der Waals surface area contributed by atoms with Crippen LogP contribution in [0.4, 0.5) is 0 Å². The lowest BCUT2D eigenvalue weighted by Gasteiger charge is -2.02. The average molecular weight is 345 g/mol. The number of fused-ring (bicyclic) bond motifs is 1. The third-order valence-corrected chi connectivity index (χ3v) is 4.75. The fourth-order valence-electron chi connectivity index (χ4n) is 3.21. The molecule has 0 aliphatic carbocycles. The van der Waals surface area contributed by atoms with Crippen molar-refractivity contribution in [3.63, 3.8) is 0 Å². The summed E-state index contributed by atoms with van der Waals surface area (Å²) in [6.07, 6.45) is 8.20. The minimum atomic E-state index is 0.548. The van der Waals surface area contributed by atoms with Crippen LogP contribution in [-0.2, 0) is 6.42 Å². The summed E-state index contributed by atoms with van der Waals surface area (Å²) in [4.78, 5) is 3.19. The van der Waals surface area contributed by atoms with Crippen molar-refractivity contribution in [1.82, 2.24) is 15.2 Å². The van der Waals surface area contributed by atoms with Crippen molar-refractivity contribution in [1.29, 1.82) is 0 Å². The Morgan fingerprint density at radius 2 is 1.62 bits per heavy atom. The molecule has 0 fully saturated rings. The molecule has 0 radical (unpaired) electrons. The first-order valence-electron chi connectivity index (χ1n) is 9.34. The number of nitrogens with one attached hydrogen (secondary N) is 1. The van der Waals surface area contributed by atoms with Gasteiger partial charge in [0.25, 0.3) is 0 Å². The van der Waals surface area contributed by atoms with Crippen LogP contribution in [0.25, 0.3) is 33.8 Å². The van der Waals surface area contributed by atoms with Gasteiger partial charge in [-0.05, 0) is 54.8 Å². The molecule has 0 atom stereocenters. The van der Waals surface area contributed by atoms with Gasteiger partial charge in [-0.3, -0.25) is 0 Å². The molecule has 4 nitrogen and oxygen atoms in total. The number of hydrogen-bond donors (Lipinski definition) is 1. The van der Waals surface area contributed by atoms with Gasteiger partial charge in [0, 0.05) is 28.2 Å². The molecule has 0 aliphatic heterocycles. The molecule has 4 rings (SSSR count). The first-order valence-corrected chi connectivity index (χ1v) is 9.34. The van der Waals surface area contributed by atoms with Gasteiger partial charge in [-0.1, -0.05) is 38.3 Å². The summed E-state index contributed by atoms with van der Waals surface area (Å²) in [5, 5.41) is 9.58. The van der Waals surface area contributed by atoms with E-state index in [9.17, 15) is 0 Å². The second-order valence-corrected chi connectivity index (χ2v) is 6.70. The largest absolute Gasteiger partial charge is 0.416 e. The molecule has 4 aromatic rings. The smallest absolute Gasteiger partial charge is 0.248 e. The summed E-state index contributed by atoms with van der Waals surface area (Å²) in [5.41, 5.74) is 4.36. The van der Waals surface area contributed by atoms with E-state index in [0.29, 0.717) is 11.8 Å². The molecule has 2 aromatic heterocycles. The van der Waals surface area contributed by atoms with E-state index in [0.717, 1.165) is 28.5 Å². The van der Waals surface area contributed by atoms with Crippen molar-refractivity contribution in [2.75, 3.05) is 0 Å². The zero-order valence-electron chi connectivity index (χ0n) is 15.0. The summed E-state index contributed by atoms with van der Waals surface area (Å²) < 4.78 is 5.90. The second kappa shape index (κ2) is 7.56. The number of aromatic nitrogens is 3. The Balaban J connectivity index is 1.48. The molecule has 0 spiro atoms. The molecule has 0 amide bonds. The minimum absolute atomic E-state index is 0.548. The Kier molecular flexibility index (Phi) is 4.82. The summed E-state index contributed by atoms with van der Waals surface area (Å²) >= 11 is 0. The maximum atomic E-state index is 5.90. The van der Waals surface area contributed by atoms with Crippen LogP contribution < -0.4 is 0 Å². The monoisotopic (exact) mass is 345 g/mol. The Labute approximate surface area is 153 Å². The van der Waals surface area contributed by atoms with Crippen molar-refractivity contribution in [3.05, 3.63) is 60.3 Å². The third kappa shape index (κ3) is 3.54. The van der Waals surface area contributed by atoms with Gasteiger partial charge >= 0.3 is 0 Å². The minimum Gasteiger partial charge on any atom is -0.416 e. The zero-order chi connectivity index (χ0) is 17.8. The number of nitrogens with zero attached hydrogens (tertiary/aromatic N) is 2. The van der Waals surface area contributed by atoms with Gasteiger partial charge in [-0.2, -0.15) is 0 Å². The van der Waals surface area contributed by atoms with Crippen LogP contribution >= 0.6 is 0 Å². The number of aryl methyl sites for hydroxylation is 1. The van der Waals surface area contributed by atoms with Crippen LogP contribution in [0.15, 0.2) is 59.1 Å². The highest BCUT2D eigenvalue weighted by Crippen LogP contribution is 2.26. The lowest BCUT2D eigenvalue weighted by molar-refractivity contribution is 0.584. The van der Waals surface area contributed by atoms with Gasteiger partial charge in [0.1, 0.15) is 0 Å². The molecular weight excluding hydrogens is 322 g/mol. The molecule has 2 heterocycles. The lowest BCUT2D eigenvalue weighted by atomic mass is 10.0. The van der Waals surface area contributed by atoms with E-state index in [1.165, 1.54) is 31.2 Å². The third-order valence-electron chi connectivity index (χ3n) is 4.75. The predicted molar refractivity (Wildman–Crippen MR) is 105 cm³/mol. The van der Waals surface area contributed by atoms with Crippen molar-refractivity contribution < 1.29 is 4.42 Å². The van der Waals surface area contributed by atoms with Crippen molar-refractivity contribution >= 4 is 10.9 Å². The van der Waals surface area contributed by atoms with Gasteiger partial charge in [-0.15, -0.1) is 10.2 Å². The van der Waals surface area contributed by atoms with Crippen molar-refractivity contribution in [2.24, 2.45) is 0 Å². The maximum absolute atomic E-state index is 5.90. The Bertz CT molecular complexity index is 982. The highest BCUT2D eigenvalue weighted by Gasteiger charge is 2.11. The van der Waals surface area contributed by atoms with Gasteiger partial charge in [0.15, 0.2) is 0 Å². The fraction of sp³-hybridized carbons (Fsp3) is 0.273. The van der Waals surface area contributed by atoms with Crippen LogP contribution in [0, 0.1) is 0 Å². The number of H-pyrrole nitrogens is 1. The van der Waals surface area contributed by atoms with Gasteiger partial charge in [0.2, 0.25) is 11.8 Å². The van der Waals surface area contributed by atoms with Crippen LogP contribution in [-0.4, -0.2) is 15.2 Å². The molecule has 26 heavy (non-hydrogen) atoms. The molecule has 1 N–H and O–H groups in total. The van der Waals surface area contributed by atoms with E-state index < -0.39 is 0 Å². The van der Waals surface area contributed by atoms with Gasteiger partial charge in [0.05, 0.1) is 0 Å². The zero-order valence-corrected chi connectivity index (χ0v) is 15.0.